The summed E-state index contributed by atoms with van der Waals surface area (Å²) in [7, 11) is -1.78. The Balaban J connectivity index is 2.23. The second-order valence-corrected chi connectivity index (χ2v) is 6.30. The SMILES string of the molecule is CNC(=O)c1ccc(Cn2ccnc2S(C)(=O)=O)cc1. The van der Waals surface area contributed by atoms with Crippen LogP contribution in [0.25, 0.3) is 0 Å². The van der Waals surface area contributed by atoms with E-state index in [0.717, 1.165) is 11.8 Å². The molecule has 0 atom stereocenters. The molecule has 0 spiro atoms. The Bertz CT molecular complexity index is 718. The number of nitrogens with one attached hydrogen (secondary N) is 1. The molecule has 2 rings (SSSR count). The van der Waals surface area contributed by atoms with E-state index in [4.69, 9.17) is 0 Å². The predicted molar refractivity (Wildman–Crippen MR) is 74.3 cm³/mol. The van der Waals surface area contributed by atoms with Crippen LogP contribution in [0.5, 0.6) is 0 Å². The molecule has 0 radical (unpaired) electrons. The van der Waals surface area contributed by atoms with Crippen LogP contribution in [0.2, 0.25) is 0 Å². The first-order valence-electron chi connectivity index (χ1n) is 5.94. The Morgan fingerprint density at radius 2 is 1.95 bits per heavy atom. The van der Waals surface area contributed by atoms with E-state index in [1.165, 1.54) is 6.20 Å². The summed E-state index contributed by atoms with van der Waals surface area (Å²) in [4.78, 5) is 15.3. The van der Waals surface area contributed by atoms with Gasteiger partial charge >= 0.3 is 0 Å². The second kappa shape index (κ2) is 5.46. The first kappa shape index (κ1) is 14.3. The third-order valence-corrected chi connectivity index (χ3v) is 3.81. The fourth-order valence-electron chi connectivity index (χ4n) is 1.85. The molecule has 1 N–H and O–H groups in total. The number of nitrogens with zero attached hydrogens (tertiary/aromatic N) is 2. The summed E-state index contributed by atoms with van der Waals surface area (Å²) in [5.41, 5.74) is 1.45. The number of hydrogen-bond acceptors (Lipinski definition) is 4. The number of carbonyl (C=O) groups is 1. The van der Waals surface area contributed by atoms with Gasteiger partial charge in [0.15, 0.2) is 0 Å². The fraction of sp³-hybridized carbons (Fsp3) is 0.231. The highest BCUT2D eigenvalue weighted by atomic mass is 32.2. The van der Waals surface area contributed by atoms with Gasteiger partial charge in [-0.15, -0.1) is 0 Å². The summed E-state index contributed by atoms with van der Waals surface area (Å²) in [6, 6.07) is 6.98. The minimum absolute atomic E-state index is 0.0351. The molecule has 0 fully saturated rings. The van der Waals surface area contributed by atoms with Gasteiger partial charge in [0.1, 0.15) is 0 Å². The van der Waals surface area contributed by atoms with Crippen molar-refractivity contribution in [3.8, 4) is 0 Å². The Hall–Kier alpha value is -2.15. The molecule has 20 heavy (non-hydrogen) atoms. The van der Waals surface area contributed by atoms with Gasteiger partial charge in [-0.25, -0.2) is 13.4 Å². The van der Waals surface area contributed by atoms with Gasteiger partial charge in [0.2, 0.25) is 15.0 Å². The Labute approximate surface area is 117 Å². The molecule has 1 aromatic heterocycles. The van der Waals surface area contributed by atoms with E-state index in [9.17, 15) is 13.2 Å². The maximum Gasteiger partial charge on any atom is 0.251 e. The molecule has 0 aliphatic rings. The van der Waals surface area contributed by atoms with Crippen LogP contribution in [0, 0.1) is 0 Å². The number of amides is 1. The fourth-order valence-corrected chi connectivity index (χ4v) is 2.65. The van der Waals surface area contributed by atoms with E-state index in [1.54, 1.807) is 42.1 Å². The quantitative estimate of drug-likeness (QED) is 0.899. The minimum Gasteiger partial charge on any atom is -0.355 e. The summed E-state index contributed by atoms with van der Waals surface area (Å²) in [5, 5.41) is 2.58. The van der Waals surface area contributed by atoms with Gasteiger partial charge in [0.25, 0.3) is 5.91 Å². The van der Waals surface area contributed by atoms with E-state index in [0.29, 0.717) is 12.1 Å². The molecule has 1 heterocycles. The van der Waals surface area contributed by atoms with Crippen molar-refractivity contribution in [3.63, 3.8) is 0 Å². The van der Waals surface area contributed by atoms with Gasteiger partial charge in [-0.3, -0.25) is 4.79 Å². The van der Waals surface area contributed by atoms with Crippen LogP contribution >= 0.6 is 0 Å². The number of sulfone groups is 1. The van der Waals surface area contributed by atoms with E-state index < -0.39 is 9.84 Å². The molecule has 0 bridgehead atoms. The van der Waals surface area contributed by atoms with Crippen LogP contribution in [0.1, 0.15) is 15.9 Å². The molecular weight excluding hydrogens is 278 g/mol. The largest absolute Gasteiger partial charge is 0.355 e. The summed E-state index contributed by atoms with van der Waals surface area (Å²) in [5.74, 6) is -0.156. The molecule has 0 aliphatic heterocycles. The Kier molecular flexibility index (Phi) is 3.89. The van der Waals surface area contributed by atoms with Crippen LogP contribution in [-0.4, -0.2) is 37.2 Å². The predicted octanol–water partition coefficient (Wildman–Crippen LogP) is 0.695. The minimum atomic E-state index is -3.35. The van der Waals surface area contributed by atoms with Gasteiger partial charge < -0.3 is 9.88 Å². The van der Waals surface area contributed by atoms with Crippen LogP contribution in [0.15, 0.2) is 41.8 Å². The first-order valence-corrected chi connectivity index (χ1v) is 7.83. The number of aromatic nitrogens is 2. The van der Waals surface area contributed by atoms with Gasteiger partial charge in [-0.2, -0.15) is 0 Å². The monoisotopic (exact) mass is 293 g/mol. The molecule has 0 saturated heterocycles. The molecule has 0 aliphatic carbocycles. The van der Waals surface area contributed by atoms with Crippen LogP contribution in [0.3, 0.4) is 0 Å². The van der Waals surface area contributed by atoms with Crippen molar-refractivity contribution in [2.24, 2.45) is 0 Å². The zero-order valence-corrected chi connectivity index (χ0v) is 12.0. The molecule has 2 aromatic rings. The molecule has 1 aromatic carbocycles. The van der Waals surface area contributed by atoms with E-state index >= 15 is 0 Å². The van der Waals surface area contributed by atoms with Gasteiger partial charge in [0, 0.05) is 37.8 Å². The number of rotatable bonds is 4. The van der Waals surface area contributed by atoms with Crippen LogP contribution in [0.4, 0.5) is 0 Å². The molecule has 106 valence electrons. The smallest absolute Gasteiger partial charge is 0.251 e. The summed E-state index contributed by atoms with van der Waals surface area (Å²) < 4.78 is 24.7. The number of carbonyl (C=O) groups excluding carboxylic acids is 1. The lowest BCUT2D eigenvalue weighted by Gasteiger charge is -2.07. The number of benzene rings is 1. The third kappa shape index (κ3) is 3.05. The average Bonchev–Trinajstić information content (AvgIpc) is 2.87. The lowest BCUT2D eigenvalue weighted by atomic mass is 10.1. The summed E-state index contributed by atoms with van der Waals surface area (Å²) in [6.45, 7) is 0.385. The van der Waals surface area contributed by atoms with Crippen molar-refractivity contribution in [1.29, 1.82) is 0 Å². The highest BCUT2D eigenvalue weighted by molar-refractivity contribution is 7.90. The third-order valence-electron chi connectivity index (χ3n) is 2.81. The highest BCUT2D eigenvalue weighted by Gasteiger charge is 2.14. The normalized spacial score (nSPS) is 11.3. The van der Waals surface area contributed by atoms with E-state index in [-0.39, 0.29) is 11.1 Å². The van der Waals surface area contributed by atoms with Crippen LogP contribution < -0.4 is 5.32 Å². The second-order valence-electron chi connectivity index (χ2n) is 4.39. The molecule has 6 nitrogen and oxygen atoms in total. The van der Waals surface area contributed by atoms with Crippen molar-refractivity contribution in [2.45, 2.75) is 11.7 Å². The highest BCUT2D eigenvalue weighted by Crippen LogP contribution is 2.11. The lowest BCUT2D eigenvalue weighted by molar-refractivity contribution is 0.0963. The van der Waals surface area contributed by atoms with Crippen molar-refractivity contribution in [1.82, 2.24) is 14.9 Å². The maximum absolute atomic E-state index is 11.6. The molecule has 7 heteroatoms. The van der Waals surface area contributed by atoms with Crippen molar-refractivity contribution >= 4 is 15.7 Å². The zero-order chi connectivity index (χ0) is 14.8. The molecular formula is C13H15N3O3S. The lowest BCUT2D eigenvalue weighted by Crippen LogP contribution is -2.17. The number of hydrogen-bond donors (Lipinski definition) is 1. The number of imidazole rings is 1. The standard InChI is InChI=1S/C13H15N3O3S/c1-14-12(17)11-5-3-10(4-6-11)9-16-8-7-15-13(16)20(2,18)19/h3-8H,9H2,1-2H3,(H,14,17). The average molecular weight is 293 g/mol. The summed E-state index contributed by atoms with van der Waals surface area (Å²) in [6.07, 6.45) is 4.19. The molecule has 1 amide bonds. The van der Waals surface area contributed by atoms with Gasteiger partial charge in [-0.05, 0) is 17.7 Å². The Morgan fingerprint density at radius 1 is 1.30 bits per heavy atom. The molecule has 0 saturated carbocycles. The topological polar surface area (TPSA) is 81.1 Å². The van der Waals surface area contributed by atoms with Gasteiger partial charge in [-0.1, -0.05) is 12.1 Å². The van der Waals surface area contributed by atoms with E-state index in [2.05, 4.69) is 10.3 Å². The molecule has 0 unspecified atom stereocenters. The first-order chi connectivity index (χ1) is 9.41. The maximum atomic E-state index is 11.6. The van der Waals surface area contributed by atoms with Crippen molar-refractivity contribution < 1.29 is 13.2 Å². The summed E-state index contributed by atoms with van der Waals surface area (Å²) >= 11 is 0. The van der Waals surface area contributed by atoms with Gasteiger partial charge in [0.05, 0.1) is 0 Å². The Morgan fingerprint density at radius 3 is 2.50 bits per heavy atom. The van der Waals surface area contributed by atoms with Crippen LogP contribution in [-0.2, 0) is 16.4 Å². The van der Waals surface area contributed by atoms with Crippen molar-refractivity contribution in [3.05, 3.63) is 47.8 Å². The van der Waals surface area contributed by atoms with Crippen molar-refractivity contribution in [2.75, 3.05) is 13.3 Å². The van der Waals surface area contributed by atoms with E-state index in [1.807, 2.05) is 0 Å². The zero-order valence-electron chi connectivity index (χ0n) is 11.2.